The molecule has 5 heteroatoms. The van der Waals surface area contributed by atoms with E-state index in [0.29, 0.717) is 17.2 Å². The number of nitrogens with zero attached hydrogens (tertiary/aromatic N) is 1. The molecule has 0 amide bonds. The number of ether oxygens (including phenoxy) is 2. The second-order valence-corrected chi connectivity index (χ2v) is 4.54. The van der Waals surface area contributed by atoms with E-state index in [1.807, 2.05) is 0 Å². The Labute approximate surface area is 111 Å². The average Bonchev–Trinajstić information content (AvgIpc) is 2.40. The molecule has 1 fully saturated rings. The minimum absolute atomic E-state index is 0.328. The maximum atomic E-state index is 11.7. The molecular formula is C13H16ClNO3. The molecule has 1 aromatic rings. The van der Waals surface area contributed by atoms with Gasteiger partial charge in [-0.15, -0.1) is 0 Å². The fraction of sp³-hybridized carbons (Fsp3) is 0.462. The maximum Gasteiger partial charge on any atom is 0.338 e. The molecular weight excluding hydrogens is 254 g/mol. The molecule has 1 aliphatic rings. The Bertz CT molecular complexity index is 405. The average molecular weight is 270 g/mol. The lowest BCUT2D eigenvalue weighted by molar-refractivity contribution is 0.0195. The molecule has 1 saturated heterocycles. The zero-order chi connectivity index (χ0) is 12.8. The van der Waals surface area contributed by atoms with Crippen LogP contribution in [0.2, 0.25) is 5.02 Å². The number of hydrogen-bond donors (Lipinski definition) is 0. The molecule has 1 aromatic carbocycles. The summed E-state index contributed by atoms with van der Waals surface area (Å²) in [6, 6.07) is 6.77. The van der Waals surface area contributed by atoms with Crippen LogP contribution in [0.25, 0.3) is 0 Å². The number of carbonyl (C=O) groups excluding carboxylic acids is 1. The Kier molecular flexibility index (Phi) is 4.99. The van der Waals surface area contributed by atoms with Gasteiger partial charge in [-0.05, 0) is 18.2 Å². The third kappa shape index (κ3) is 3.98. The smallest absolute Gasteiger partial charge is 0.338 e. The molecule has 0 saturated carbocycles. The largest absolute Gasteiger partial charge is 0.461 e. The summed E-state index contributed by atoms with van der Waals surface area (Å²) in [4.78, 5) is 13.9. The molecule has 1 aliphatic heterocycles. The Morgan fingerprint density at radius 3 is 2.89 bits per heavy atom. The first-order chi connectivity index (χ1) is 8.75. The lowest BCUT2D eigenvalue weighted by Gasteiger charge is -2.26. The summed E-state index contributed by atoms with van der Waals surface area (Å²) in [6.07, 6.45) is 0. The van der Waals surface area contributed by atoms with Crippen molar-refractivity contribution < 1.29 is 14.3 Å². The van der Waals surface area contributed by atoms with Gasteiger partial charge in [-0.1, -0.05) is 17.7 Å². The highest BCUT2D eigenvalue weighted by Gasteiger charge is 2.12. The minimum Gasteiger partial charge on any atom is -0.461 e. The fourth-order valence-electron chi connectivity index (χ4n) is 1.79. The Hall–Kier alpha value is -1.10. The molecule has 4 nitrogen and oxygen atoms in total. The third-order valence-electron chi connectivity index (χ3n) is 2.80. The molecule has 1 heterocycles. The lowest BCUT2D eigenvalue weighted by atomic mass is 10.2. The maximum absolute atomic E-state index is 11.7. The summed E-state index contributed by atoms with van der Waals surface area (Å²) in [7, 11) is 0. The van der Waals surface area contributed by atoms with Gasteiger partial charge in [0.15, 0.2) is 0 Å². The molecule has 0 aliphatic carbocycles. The van der Waals surface area contributed by atoms with Crippen molar-refractivity contribution in [2.75, 3.05) is 39.5 Å². The van der Waals surface area contributed by atoms with Gasteiger partial charge in [-0.3, -0.25) is 4.90 Å². The highest BCUT2D eigenvalue weighted by molar-refractivity contribution is 6.30. The van der Waals surface area contributed by atoms with Crippen molar-refractivity contribution in [1.29, 1.82) is 0 Å². The summed E-state index contributed by atoms with van der Waals surface area (Å²) in [5, 5.41) is 0.539. The fourth-order valence-corrected chi connectivity index (χ4v) is 1.98. The van der Waals surface area contributed by atoms with E-state index in [1.54, 1.807) is 24.3 Å². The number of rotatable bonds is 4. The first-order valence-corrected chi connectivity index (χ1v) is 6.36. The van der Waals surface area contributed by atoms with Crippen molar-refractivity contribution in [3.63, 3.8) is 0 Å². The van der Waals surface area contributed by atoms with Crippen LogP contribution in [0.5, 0.6) is 0 Å². The van der Waals surface area contributed by atoms with Crippen LogP contribution in [0, 0.1) is 0 Å². The first-order valence-electron chi connectivity index (χ1n) is 5.98. The van der Waals surface area contributed by atoms with Crippen molar-refractivity contribution in [3.05, 3.63) is 34.9 Å². The Morgan fingerprint density at radius 1 is 1.39 bits per heavy atom. The van der Waals surface area contributed by atoms with Crippen molar-refractivity contribution in [1.82, 2.24) is 4.90 Å². The molecule has 0 spiro atoms. The monoisotopic (exact) mass is 269 g/mol. The van der Waals surface area contributed by atoms with Crippen LogP contribution >= 0.6 is 11.6 Å². The van der Waals surface area contributed by atoms with Gasteiger partial charge in [0.05, 0.1) is 18.8 Å². The van der Waals surface area contributed by atoms with Gasteiger partial charge >= 0.3 is 5.97 Å². The van der Waals surface area contributed by atoms with E-state index in [9.17, 15) is 4.79 Å². The summed E-state index contributed by atoms with van der Waals surface area (Å²) < 4.78 is 10.5. The van der Waals surface area contributed by atoms with Gasteiger partial charge in [0.1, 0.15) is 6.61 Å². The van der Waals surface area contributed by atoms with Gasteiger partial charge in [0.2, 0.25) is 0 Å². The summed E-state index contributed by atoms with van der Waals surface area (Å²) in [5.41, 5.74) is 0.490. The van der Waals surface area contributed by atoms with Crippen molar-refractivity contribution in [2.24, 2.45) is 0 Å². The normalized spacial score (nSPS) is 16.5. The minimum atomic E-state index is -0.328. The zero-order valence-corrected chi connectivity index (χ0v) is 10.9. The summed E-state index contributed by atoms with van der Waals surface area (Å²) in [5.74, 6) is -0.328. The molecule has 18 heavy (non-hydrogen) atoms. The predicted octanol–water partition coefficient (Wildman–Crippen LogP) is 1.83. The molecule has 2 rings (SSSR count). The highest BCUT2D eigenvalue weighted by atomic mass is 35.5. The molecule has 0 radical (unpaired) electrons. The number of morpholine rings is 1. The van der Waals surface area contributed by atoms with Gasteiger partial charge in [0.25, 0.3) is 0 Å². The zero-order valence-electron chi connectivity index (χ0n) is 10.1. The topological polar surface area (TPSA) is 38.8 Å². The van der Waals surface area contributed by atoms with Gasteiger partial charge in [0, 0.05) is 24.7 Å². The second-order valence-electron chi connectivity index (χ2n) is 4.10. The number of carbonyl (C=O) groups is 1. The number of esters is 1. The lowest BCUT2D eigenvalue weighted by Crippen LogP contribution is -2.38. The van der Waals surface area contributed by atoms with E-state index in [-0.39, 0.29) is 5.97 Å². The van der Waals surface area contributed by atoms with E-state index in [4.69, 9.17) is 21.1 Å². The van der Waals surface area contributed by atoms with Crippen molar-refractivity contribution >= 4 is 17.6 Å². The molecule has 0 bridgehead atoms. The molecule has 0 aromatic heterocycles. The van der Waals surface area contributed by atoms with E-state index in [1.165, 1.54) is 0 Å². The second kappa shape index (κ2) is 6.73. The standard InChI is InChI=1S/C13H16ClNO3/c14-12-3-1-2-11(10-12)13(16)18-9-6-15-4-7-17-8-5-15/h1-3,10H,4-9H2. The summed E-state index contributed by atoms with van der Waals surface area (Å²) in [6.45, 7) is 4.44. The number of halogens is 1. The van der Waals surface area contributed by atoms with Gasteiger partial charge < -0.3 is 9.47 Å². The molecule has 98 valence electrons. The van der Waals surface area contributed by atoms with E-state index in [2.05, 4.69) is 4.90 Å². The van der Waals surface area contributed by atoms with Crippen LogP contribution in [0.4, 0.5) is 0 Å². The van der Waals surface area contributed by atoms with Crippen LogP contribution in [0.3, 0.4) is 0 Å². The summed E-state index contributed by atoms with van der Waals surface area (Å²) >= 11 is 5.81. The van der Waals surface area contributed by atoms with Gasteiger partial charge in [-0.25, -0.2) is 4.79 Å². The predicted molar refractivity (Wildman–Crippen MR) is 69.0 cm³/mol. The van der Waals surface area contributed by atoms with Crippen molar-refractivity contribution in [2.45, 2.75) is 0 Å². The van der Waals surface area contributed by atoms with Gasteiger partial charge in [-0.2, -0.15) is 0 Å². The Balaban J connectivity index is 1.74. The number of hydrogen-bond acceptors (Lipinski definition) is 4. The quantitative estimate of drug-likeness (QED) is 0.782. The number of benzene rings is 1. The van der Waals surface area contributed by atoms with E-state index < -0.39 is 0 Å². The molecule has 0 atom stereocenters. The SMILES string of the molecule is O=C(OCCN1CCOCC1)c1cccc(Cl)c1. The van der Waals surface area contributed by atoms with E-state index in [0.717, 1.165) is 32.8 Å². The van der Waals surface area contributed by atoms with Crippen LogP contribution in [-0.4, -0.2) is 50.3 Å². The van der Waals surface area contributed by atoms with Crippen molar-refractivity contribution in [3.8, 4) is 0 Å². The molecule has 0 unspecified atom stereocenters. The Morgan fingerprint density at radius 2 is 2.17 bits per heavy atom. The van der Waals surface area contributed by atoms with Crippen LogP contribution < -0.4 is 0 Å². The van der Waals surface area contributed by atoms with Crippen LogP contribution in [0.1, 0.15) is 10.4 Å². The van der Waals surface area contributed by atoms with Crippen LogP contribution in [0.15, 0.2) is 24.3 Å². The first kappa shape index (κ1) is 13.3. The highest BCUT2D eigenvalue weighted by Crippen LogP contribution is 2.11. The van der Waals surface area contributed by atoms with Crippen LogP contribution in [-0.2, 0) is 9.47 Å². The van der Waals surface area contributed by atoms with E-state index >= 15 is 0 Å². The third-order valence-corrected chi connectivity index (χ3v) is 3.04. The molecule has 0 N–H and O–H groups in total.